The third-order valence-electron chi connectivity index (χ3n) is 3.06. The van der Waals surface area contributed by atoms with Gasteiger partial charge in [-0.15, -0.1) is 0 Å². The summed E-state index contributed by atoms with van der Waals surface area (Å²) < 4.78 is 0. The molecule has 0 unspecified atom stereocenters. The molecule has 0 radical (unpaired) electrons. The minimum absolute atomic E-state index is 0.0667. The van der Waals surface area contributed by atoms with Crippen LogP contribution in [0.5, 0.6) is 0 Å². The zero-order chi connectivity index (χ0) is 14.7. The smallest absolute Gasteiger partial charge is 0.122 e. The lowest BCUT2D eigenvalue weighted by Gasteiger charge is -2.20. The molecule has 0 fully saturated rings. The van der Waals surface area contributed by atoms with E-state index < -0.39 is 0 Å². The van der Waals surface area contributed by atoms with Crippen LogP contribution in [0.4, 0.5) is 5.69 Å². The lowest BCUT2D eigenvalue weighted by Crippen LogP contribution is -2.17. The lowest BCUT2D eigenvalue weighted by atomic mass is 10.1. The second-order valence-electron chi connectivity index (χ2n) is 4.53. The van der Waals surface area contributed by atoms with Gasteiger partial charge in [0.15, 0.2) is 0 Å². The minimum atomic E-state index is 0.0667. The largest absolute Gasteiger partial charge is 0.384 e. The van der Waals surface area contributed by atoms with Crippen molar-refractivity contribution in [2.24, 2.45) is 5.73 Å². The zero-order valence-corrected chi connectivity index (χ0v) is 12.5. The Bertz CT molecular complexity index is 624. The second kappa shape index (κ2) is 6.16. The number of amidine groups is 1. The Balaban J connectivity index is 2.17. The van der Waals surface area contributed by atoms with E-state index in [9.17, 15) is 0 Å². The number of hydrogen-bond acceptors (Lipinski definition) is 2. The fourth-order valence-electron chi connectivity index (χ4n) is 1.91. The molecule has 0 atom stereocenters. The van der Waals surface area contributed by atoms with Gasteiger partial charge in [-0.05, 0) is 35.9 Å². The molecular formula is C15H15Cl2N3. The third-order valence-corrected chi connectivity index (χ3v) is 3.92. The summed E-state index contributed by atoms with van der Waals surface area (Å²) in [6.45, 7) is 0.652. The van der Waals surface area contributed by atoms with E-state index in [4.69, 9.17) is 34.3 Å². The van der Waals surface area contributed by atoms with Crippen LogP contribution in [0.25, 0.3) is 0 Å². The molecule has 0 heterocycles. The van der Waals surface area contributed by atoms with Crippen LogP contribution in [0.1, 0.15) is 11.1 Å². The van der Waals surface area contributed by atoms with Crippen molar-refractivity contribution in [3.63, 3.8) is 0 Å². The maximum absolute atomic E-state index is 7.38. The van der Waals surface area contributed by atoms with E-state index in [1.54, 1.807) is 6.07 Å². The Kier molecular flexibility index (Phi) is 4.53. The first-order valence-electron chi connectivity index (χ1n) is 6.07. The van der Waals surface area contributed by atoms with E-state index in [1.165, 1.54) is 0 Å². The van der Waals surface area contributed by atoms with Gasteiger partial charge in [0.05, 0.1) is 10.0 Å². The highest BCUT2D eigenvalue weighted by Crippen LogP contribution is 2.27. The quantitative estimate of drug-likeness (QED) is 0.664. The molecule has 2 aromatic carbocycles. The van der Waals surface area contributed by atoms with Crippen molar-refractivity contribution in [3.8, 4) is 0 Å². The van der Waals surface area contributed by atoms with Crippen molar-refractivity contribution in [2.75, 3.05) is 11.9 Å². The number of halogens is 2. The molecule has 0 aromatic heterocycles. The van der Waals surface area contributed by atoms with E-state index in [1.807, 2.05) is 43.4 Å². The zero-order valence-electron chi connectivity index (χ0n) is 11.0. The van der Waals surface area contributed by atoms with Gasteiger partial charge < -0.3 is 10.6 Å². The molecule has 3 nitrogen and oxygen atoms in total. The van der Waals surface area contributed by atoms with Crippen LogP contribution in [-0.4, -0.2) is 12.9 Å². The summed E-state index contributed by atoms with van der Waals surface area (Å²) in [7, 11) is 1.97. The first-order valence-corrected chi connectivity index (χ1v) is 6.83. The Labute approximate surface area is 128 Å². The molecule has 0 bridgehead atoms. The van der Waals surface area contributed by atoms with E-state index >= 15 is 0 Å². The molecule has 2 aromatic rings. The fraction of sp³-hybridized carbons (Fsp3) is 0.133. The molecule has 5 heteroatoms. The molecular weight excluding hydrogens is 293 g/mol. The average molecular weight is 308 g/mol. The second-order valence-corrected chi connectivity index (χ2v) is 5.31. The molecule has 0 aliphatic heterocycles. The van der Waals surface area contributed by atoms with Crippen molar-refractivity contribution in [1.29, 1.82) is 5.41 Å². The number of rotatable bonds is 4. The first kappa shape index (κ1) is 14.7. The lowest BCUT2D eigenvalue weighted by molar-refractivity contribution is 0.923. The van der Waals surface area contributed by atoms with Crippen LogP contribution >= 0.6 is 23.2 Å². The van der Waals surface area contributed by atoms with E-state index in [2.05, 4.69) is 4.90 Å². The number of nitrogens with zero attached hydrogens (tertiary/aromatic N) is 1. The SMILES string of the molecule is CN(Cc1cccc(Cl)c1Cl)c1ccc(C(=N)N)cc1. The standard InChI is InChI=1S/C15H15Cl2N3/c1-20(9-11-3-2-4-13(16)14(11)17)12-7-5-10(6-8-12)15(18)19/h2-8H,9H2,1H3,(H3,18,19). The molecule has 0 aliphatic carbocycles. The number of anilines is 1. The normalized spacial score (nSPS) is 10.3. The van der Waals surface area contributed by atoms with E-state index in [-0.39, 0.29) is 5.84 Å². The Hall–Kier alpha value is -1.71. The van der Waals surface area contributed by atoms with Crippen LogP contribution in [-0.2, 0) is 6.54 Å². The number of benzene rings is 2. The van der Waals surface area contributed by atoms with Gasteiger partial charge in [0.25, 0.3) is 0 Å². The van der Waals surface area contributed by atoms with Crippen molar-refractivity contribution in [1.82, 2.24) is 0 Å². The highest BCUT2D eigenvalue weighted by atomic mass is 35.5. The van der Waals surface area contributed by atoms with Gasteiger partial charge in [-0.2, -0.15) is 0 Å². The highest BCUT2D eigenvalue weighted by molar-refractivity contribution is 6.42. The molecule has 104 valence electrons. The summed E-state index contributed by atoms with van der Waals surface area (Å²) in [6, 6.07) is 13.1. The third kappa shape index (κ3) is 3.24. The Morgan fingerprint density at radius 2 is 1.80 bits per heavy atom. The van der Waals surface area contributed by atoms with Crippen LogP contribution in [0, 0.1) is 5.41 Å². The van der Waals surface area contributed by atoms with E-state index in [0.717, 1.165) is 11.3 Å². The van der Waals surface area contributed by atoms with Gasteiger partial charge in [0, 0.05) is 24.8 Å². The molecule has 20 heavy (non-hydrogen) atoms. The van der Waals surface area contributed by atoms with Gasteiger partial charge in [-0.25, -0.2) is 0 Å². The number of nitrogen functional groups attached to an aromatic ring is 1. The molecule has 2 rings (SSSR count). The van der Waals surface area contributed by atoms with Crippen LogP contribution in [0.3, 0.4) is 0 Å². The molecule has 3 N–H and O–H groups in total. The molecule has 0 saturated carbocycles. The van der Waals surface area contributed by atoms with Gasteiger partial charge in [-0.3, -0.25) is 5.41 Å². The summed E-state index contributed by atoms with van der Waals surface area (Å²) in [4.78, 5) is 2.06. The molecule has 0 saturated heterocycles. The summed E-state index contributed by atoms with van der Waals surface area (Å²) in [5.41, 5.74) is 8.14. The van der Waals surface area contributed by atoms with Crippen molar-refractivity contribution < 1.29 is 0 Å². The van der Waals surface area contributed by atoms with Crippen molar-refractivity contribution >= 4 is 34.7 Å². The van der Waals surface area contributed by atoms with Gasteiger partial charge in [0.2, 0.25) is 0 Å². The summed E-state index contributed by atoms with van der Waals surface area (Å²) in [5, 5.41) is 8.52. The average Bonchev–Trinajstić information content (AvgIpc) is 2.44. The fourth-order valence-corrected chi connectivity index (χ4v) is 2.29. The predicted molar refractivity (Wildman–Crippen MR) is 86.0 cm³/mol. The van der Waals surface area contributed by atoms with Crippen molar-refractivity contribution in [2.45, 2.75) is 6.54 Å². The predicted octanol–water partition coefficient (Wildman–Crippen LogP) is 3.91. The van der Waals surface area contributed by atoms with Gasteiger partial charge in [-0.1, -0.05) is 35.3 Å². The molecule has 0 aliphatic rings. The monoisotopic (exact) mass is 307 g/mol. The molecule has 0 amide bonds. The summed E-state index contributed by atoms with van der Waals surface area (Å²) >= 11 is 12.2. The maximum Gasteiger partial charge on any atom is 0.122 e. The maximum atomic E-state index is 7.38. The van der Waals surface area contributed by atoms with Crippen LogP contribution < -0.4 is 10.6 Å². The first-order chi connectivity index (χ1) is 9.49. The number of nitrogens with two attached hydrogens (primary N) is 1. The summed E-state index contributed by atoms with van der Waals surface area (Å²) in [5.74, 6) is 0.0667. The minimum Gasteiger partial charge on any atom is -0.384 e. The van der Waals surface area contributed by atoms with E-state index in [0.29, 0.717) is 22.2 Å². The number of hydrogen-bond donors (Lipinski definition) is 2. The van der Waals surface area contributed by atoms with Gasteiger partial charge in [0.1, 0.15) is 5.84 Å². The topological polar surface area (TPSA) is 53.1 Å². The van der Waals surface area contributed by atoms with Crippen molar-refractivity contribution in [3.05, 3.63) is 63.6 Å². The number of nitrogens with one attached hydrogen (secondary N) is 1. The van der Waals surface area contributed by atoms with Crippen LogP contribution in [0.15, 0.2) is 42.5 Å². The van der Waals surface area contributed by atoms with Crippen LogP contribution in [0.2, 0.25) is 10.0 Å². The molecule has 0 spiro atoms. The Morgan fingerprint density at radius 3 is 2.40 bits per heavy atom. The summed E-state index contributed by atoms with van der Waals surface area (Å²) in [6.07, 6.45) is 0. The van der Waals surface area contributed by atoms with Gasteiger partial charge >= 0.3 is 0 Å². The highest BCUT2D eigenvalue weighted by Gasteiger charge is 2.08. The Morgan fingerprint density at radius 1 is 1.15 bits per heavy atom.